The Morgan fingerprint density at radius 1 is 1.21 bits per heavy atom. The molecule has 1 atom stereocenters. The molecule has 0 unspecified atom stereocenters. The van der Waals surface area contributed by atoms with E-state index in [2.05, 4.69) is 34.3 Å². The molecule has 5 nitrogen and oxygen atoms in total. The maximum atomic E-state index is 12.0. The molecule has 1 fully saturated rings. The van der Waals surface area contributed by atoms with Gasteiger partial charge in [0, 0.05) is 44.3 Å². The van der Waals surface area contributed by atoms with Crippen molar-refractivity contribution in [2.45, 2.75) is 13.8 Å². The third kappa shape index (κ3) is 6.13. The van der Waals surface area contributed by atoms with Crippen molar-refractivity contribution in [3.63, 3.8) is 0 Å². The quantitative estimate of drug-likeness (QED) is 0.804. The minimum Gasteiger partial charge on any atom is -0.338 e. The summed E-state index contributed by atoms with van der Waals surface area (Å²) >= 11 is 12.0. The number of amides is 2. The monoisotopic (exact) mass is 372 g/mol. The molecule has 1 aliphatic heterocycles. The summed E-state index contributed by atoms with van der Waals surface area (Å²) in [4.78, 5) is 16.9. The van der Waals surface area contributed by atoms with Crippen molar-refractivity contribution in [1.29, 1.82) is 0 Å². The van der Waals surface area contributed by atoms with Crippen LogP contribution in [0, 0.1) is 5.92 Å². The SMILES string of the molecule is CCN1CCN(C[C@H](C)CNC(=O)Nc2cc(Cl)ccc2Cl)CC1. The van der Waals surface area contributed by atoms with Crippen LogP contribution in [0.15, 0.2) is 18.2 Å². The van der Waals surface area contributed by atoms with E-state index in [-0.39, 0.29) is 6.03 Å². The predicted molar refractivity (Wildman–Crippen MR) is 101 cm³/mol. The Morgan fingerprint density at radius 3 is 2.54 bits per heavy atom. The molecule has 0 saturated carbocycles. The highest BCUT2D eigenvalue weighted by Crippen LogP contribution is 2.25. The summed E-state index contributed by atoms with van der Waals surface area (Å²) in [5, 5.41) is 6.64. The van der Waals surface area contributed by atoms with Crippen molar-refractivity contribution < 1.29 is 4.79 Å². The standard InChI is InChI=1S/C17H26Cl2N4O/c1-3-22-6-8-23(9-7-22)12-13(2)11-20-17(24)21-16-10-14(18)4-5-15(16)19/h4-5,10,13H,3,6-9,11-12H2,1-2H3,(H2,20,21,24)/t13-/m1/s1. The summed E-state index contributed by atoms with van der Waals surface area (Å²) < 4.78 is 0. The molecule has 1 saturated heterocycles. The number of hydrogen-bond acceptors (Lipinski definition) is 3. The van der Waals surface area contributed by atoms with Gasteiger partial charge in [0.2, 0.25) is 0 Å². The van der Waals surface area contributed by atoms with Crippen LogP contribution in [0.3, 0.4) is 0 Å². The highest BCUT2D eigenvalue weighted by molar-refractivity contribution is 6.35. The number of rotatable bonds is 6. The molecule has 0 spiro atoms. The lowest BCUT2D eigenvalue weighted by Gasteiger charge is -2.35. The van der Waals surface area contributed by atoms with Gasteiger partial charge in [0.15, 0.2) is 0 Å². The van der Waals surface area contributed by atoms with E-state index in [1.165, 1.54) is 0 Å². The van der Waals surface area contributed by atoms with Crippen molar-refractivity contribution in [2.75, 3.05) is 51.1 Å². The summed E-state index contributed by atoms with van der Waals surface area (Å²) in [6.07, 6.45) is 0. The highest BCUT2D eigenvalue weighted by atomic mass is 35.5. The van der Waals surface area contributed by atoms with Crippen molar-refractivity contribution in [3.8, 4) is 0 Å². The van der Waals surface area contributed by atoms with Crippen molar-refractivity contribution in [2.24, 2.45) is 5.92 Å². The number of nitrogens with zero attached hydrogens (tertiary/aromatic N) is 2. The molecule has 134 valence electrons. The zero-order chi connectivity index (χ0) is 17.5. The van der Waals surface area contributed by atoms with E-state index in [9.17, 15) is 4.79 Å². The number of benzene rings is 1. The number of carbonyl (C=O) groups is 1. The summed E-state index contributed by atoms with van der Waals surface area (Å²) in [7, 11) is 0. The first kappa shape index (κ1) is 19.3. The summed E-state index contributed by atoms with van der Waals surface area (Å²) in [5.41, 5.74) is 0.519. The fourth-order valence-corrected chi connectivity index (χ4v) is 3.16. The van der Waals surface area contributed by atoms with Crippen molar-refractivity contribution >= 4 is 34.9 Å². The number of carbonyl (C=O) groups excluding carboxylic acids is 1. The Balaban J connectivity index is 1.70. The number of piperazine rings is 1. The van der Waals surface area contributed by atoms with Crippen molar-refractivity contribution in [3.05, 3.63) is 28.2 Å². The molecule has 7 heteroatoms. The van der Waals surface area contributed by atoms with Gasteiger partial charge in [-0.15, -0.1) is 0 Å². The first-order valence-electron chi connectivity index (χ1n) is 8.42. The number of anilines is 1. The van der Waals surface area contributed by atoms with Gasteiger partial charge in [-0.2, -0.15) is 0 Å². The Bertz CT molecular complexity index is 547. The second kappa shape index (κ2) is 9.47. The maximum Gasteiger partial charge on any atom is 0.319 e. The van der Waals surface area contributed by atoms with Gasteiger partial charge in [0.25, 0.3) is 0 Å². The fraction of sp³-hybridized carbons (Fsp3) is 0.588. The lowest BCUT2D eigenvalue weighted by atomic mass is 10.1. The number of hydrogen-bond donors (Lipinski definition) is 2. The fourth-order valence-electron chi connectivity index (χ4n) is 2.82. The second-order valence-corrected chi connectivity index (χ2v) is 7.14. The first-order chi connectivity index (χ1) is 11.5. The predicted octanol–water partition coefficient (Wildman–Crippen LogP) is 3.39. The molecule has 2 N–H and O–H groups in total. The lowest BCUT2D eigenvalue weighted by molar-refractivity contribution is 0.124. The lowest BCUT2D eigenvalue weighted by Crippen LogP contribution is -2.48. The topological polar surface area (TPSA) is 47.6 Å². The number of nitrogens with one attached hydrogen (secondary N) is 2. The van der Waals surface area contributed by atoms with Gasteiger partial charge < -0.3 is 20.4 Å². The van der Waals surface area contributed by atoms with Gasteiger partial charge in [0.1, 0.15) is 0 Å². The molecule has 24 heavy (non-hydrogen) atoms. The van der Waals surface area contributed by atoms with Gasteiger partial charge in [-0.1, -0.05) is 37.0 Å². The van der Waals surface area contributed by atoms with Gasteiger partial charge in [-0.3, -0.25) is 0 Å². The van der Waals surface area contributed by atoms with E-state index in [4.69, 9.17) is 23.2 Å². The van der Waals surface area contributed by atoms with Crippen LogP contribution >= 0.6 is 23.2 Å². The number of urea groups is 1. The Hall–Kier alpha value is -1.01. The average Bonchev–Trinajstić information content (AvgIpc) is 2.57. The Morgan fingerprint density at radius 2 is 1.88 bits per heavy atom. The van der Waals surface area contributed by atoms with Crippen LogP contribution < -0.4 is 10.6 Å². The van der Waals surface area contributed by atoms with E-state index in [0.29, 0.717) is 28.2 Å². The summed E-state index contributed by atoms with van der Waals surface area (Å²) in [6.45, 7) is 11.6. The normalized spacial score (nSPS) is 17.5. The Labute approximate surface area is 154 Å². The number of halogens is 2. The third-order valence-corrected chi connectivity index (χ3v) is 4.83. The molecule has 0 aliphatic carbocycles. The van der Waals surface area contributed by atoms with Crippen LogP contribution in [0.4, 0.5) is 10.5 Å². The maximum absolute atomic E-state index is 12.0. The molecule has 2 amide bonds. The minimum atomic E-state index is -0.262. The van der Waals surface area contributed by atoms with E-state index in [0.717, 1.165) is 39.3 Å². The zero-order valence-corrected chi connectivity index (χ0v) is 15.8. The molecular formula is C17H26Cl2N4O. The second-order valence-electron chi connectivity index (χ2n) is 6.30. The largest absolute Gasteiger partial charge is 0.338 e. The smallest absolute Gasteiger partial charge is 0.319 e. The van der Waals surface area contributed by atoms with Crippen LogP contribution in [-0.2, 0) is 0 Å². The van der Waals surface area contributed by atoms with Gasteiger partial charge in [-0.25, -0.2) is 4.79 Å². The van der Waals surface area contributed by atoms with E-state index >= 15 is 0 Å². The van der Waals surface area contributed by atoms with E-state index in [1.54, 1.807) is 18.2 Å². The van der Waals surface area contributed by atoms with Crippen LogP contribution in [-0.4, -0.2) is 61.6 Å². The van der Waals surface area contributed by atoms with E-state index < -0.39 is 0 Å². The molecule has 1 aromatic rings. The molecule has 0 radical (unpaired) electrons. The van der Waals surface area contributed by atoms with Gasteiger partial charge in [0.05, 0.1) is 10.7 Å². The zero-order valence-electron chi connectivity index (χ0n) is 14.3. The number of likely N-dealkylation sites (N-methyl/N-ethyl adjacent to an activating group) is 1. The van der Waals surface area contributed by atoms with Crippen LogP contribution in [0.2, 0.25) is 10.0 Å². The molecule has 1 aromatic carbocycles. The van der Waals surface area contributed by atoms with Crippen LogP contribution in [0.5, 0.6) is 0 Å². The molecular weight excluding hydrogens is 347 g/mol. The van der Waals surface area contributed by atoms with E-state index in [1.807, 2.05) is 0 Å². The highest BCUT2D eigenvalue weighted by Gasteiger charge is 2.17. The summed E-state index contributed by atoms with van der Waals surface area (Å²) in [5.74, 6) is 0.388. The van der Waals surface area contributed by atoms with Crippen molar-refractivity contribution in [1.82, 2.24) is 15.1 Å². The van der Waals surface area contributed by atoms with Crippen LogP contribution in [0.25, 0.3) is 0 Å². The molecule has 2 rings (SSSR count). The third-order valence-electron chi connectivity index (χ3n) is 4.27. The van der Waals surface area contributed by atoms with Gasteiger partial charge >= 0.3 is 6.03 Å². The molecule has 0 bridgehead atoms. The van der Waals surface area contributed by atoms with Crippen LogP contribution in [0.1, 0.15) is 13.8 Å². The average molecular weight is 373 g/mol. The first-order valence-corrected chi connectivity index (χ1v) is 9.18. The van der Waals surface area contributed by atoms with Gasteiger partial charge in [-0.05, 0) is 30.7 Å². The molecule has 1 aliphatic rings. The Kier molecular flexibility index (Phi) is 7.62. The summed E-state index contributed by atoms with van der Waals surface area (Å²) in [6, 6.07) is 4.73. The minimum absolute atomic E-state index is 0.262. The molecule has 0 aromatic heterocycles. The molecule has 1 heterocycles.